The molecule has 0 spiro atoms. The van der Waals surface area contributed by atoms with Crippen molar-refractivity contribution in [1.29, 1.82) is 0 Å². The van der Waals surface area contributed by atoms with E-state index in [0.717, 1.165) is 24.6 Å². The molecule has 1 aromatic rings. The molecule has 0 saturated carbocycles. The maximum absolute atomic E-state index is 11.8. The Hall–Kier alpha value is -1.23. The van der Waals surface area contributed by atoms with E-state index in [4.69, 9.17) is 4.74 Å². The molecule has 0 unspecified atom stereocenters. The Morgan fingerprint density at radius 3 is 2.83 bits per heavy atom. The summed E-state index contributed by atoms with van der Waals surface area (Å²) < 4.78 is 4.96. The van der Waals surface area contributed by atoms with Crippen LogP contribution in [0.2, 0.25) is 0 Å². The van der Waals surface area contributed by atoms with E-state index in [1.165, 1.54) is 7.11 Å². The van der Waals surface area contributed by atoms with Crippen molar-refractivity contribution in [3.8, 4) is 11.5 Å². The normalized spacial score (nSPS) is 10.1. The number of nitrogens with one attached hydrogen (secondary N) is 1. The first-order chi connectivity index (χ1) is 8.70. The number of hydrogen-bond acceptors (Lipinski definition) is 3. The molecule has 0 saturated heterocycles. The number of benzene rings is 1. The lowest BCUT2D eigenvalue weighted by atomic mass is 10.1. The number of carbonyl (C=O) groups excluding carboxylic acids is 1. The van der Waals surface area contributed by atoms with E-state index in [1.807, 2.05) is 0 Å². The Morgan fingerprint density at radius 1 is 1.39 bits per heavy atom. The molecule has 0 aliphatic rings. The molecular weight excluding hydrogens is 298 g/mol. The third-order valence-corrected chi connectivity index (χ3v) is 3.12. The SMILES string of the molecule is COc1cccc(C(=O)NCCCCCBr)c1O. The molecule has 1 rings (SSSR count). The van der Waals surface area contributed by atoms with Gasteiger partial charge < -0.3 is 15.2 Å². The third-order valence-electron chi connectivity index (χ3n) is 2.56. The molecule has 0 aliphatic carbocycles. The number of alkyl halides is 1. The van der Waals surface area contributed by atoms with Gasteiger partial charge in [0, 0.05) is 11.9 Å². The summed E-state index contributed by atoms with van der Waals surface area (Å²) >= 11 is 3.36. The Kier molecular flexibility index (Phi) is 6.57. The van der Waals surface area contributed by atoms with Crippen LogP contribution >= 0.6 is 15.9 Å². The lowest BCUT2D eigenvalue weighted by molar-refractivity contribution is 0.0949. The van der Waals surface area contributed by atoms with Crippen molar-refractivity contribution in [2.24, 2.45) is 0 Å². The second kappa shape index (κ2) is 7.97. The third kappa shape index (κ3) is 4.22. The minimum absolute atomic E-state index is 0.113. The fourth-order valence-corrected chi connectivity index (χ4v) is 1.96. The van der Waals surface area contributed by atoms with Gasteiger partial charge in [-0.25, -0.2) is 0 Å². The van der Waals surface area contributed by atoms with Gasteiger partial charge in [0.1, 0.15) is 0 Å². The first-order valence-electron chi connectivity index (χ1n) is 5.90. The molecular formula is C13H18BrNO3. The van der Waals surface area contributed by atoms with Gasteiger partial charge in [0.15, 0.2) is 11.5 Å². The molecule has 0 heterocycles. The number of phenolic OH excluding ortho intramolecular Hbond substituents is 1. The number of halogens is 1. The summed E-state index contributed by atoms with van der Waals surface area (Å²) in [6.07, 6.45) is 3.10. The minimum Gasteiger partial charge on any atom is -0.504 e. The highest BCUT2D eigenvalue weighted by atomic mass is 79.9. The second-order valence-corrected chi connectivity index (χ2v) is 4.65. The van der Waals surface area contributed by atoms with Crippen LogP contribution in [0, 0.1) is 0 Å². The lowest BCUT2D eigenvalue weighted by Crippen LogP contribution is -2.24. The van der Waals surface area contributed by atoms with Crippen LogP contribution in [0.15, 0.2) is 18.2 Å². The quantitative estimate of drug-likeness (QED) is 0.601. The van der Waals surface area contributed by atoms with Crippen molar-refractivity contribution in [2.75, 3.05) is 19.0 Å². The van der Waals surface area contributed by atoms with Crippen LogP contribution < -0.4 is 10.1 Å². The van der Waals surface area contributed by atoms with Crippen LogP contribution in [0.3, 0.4) is 0 Å². The summed E-state index contributed by atoms with van der Waals surface area (Å²) in [4.78, 5) is 11.8. The summed E-state index contributed by atoms with van der Waals surface area (Å²) in [5, 5.41) is 13.6. The minimum atomic E-state index is -0.273. The van der Waals surface area contributed by atoms with Gasteiger partial charge in [-0.3, -0.25) is 4.79 Å². The molecule has 1 aromatic carbocycles. The van der Waals surface area contributed by atoms with Crippen molar-refractivity contribution in [3.05, 3.63) is 23.8 Å². The molecule has 0 aromatic heterocycles. The largest absolute Gasteiger partial charge is 0.504 e. The van der Waals surface area contributed by atoms with Gasteiger partial charge in [0.2, 0.25) is 0 Å². The summed E-state index contributed by atoms with van der Waals surface area (Å²) in [5.41, 5.74) is 0.245. The van der Waals surface area contributed by atoms with Gasteiger partial charge in [0.25, 0.3) is 5.91 Å². The molecule has 0 atom stereocenters. The van der Waals surface area contributed by atoms with Gasteiger partial charge >= 0.3 is 0 Å². The summed E-state index contributed by atoms with van der Waals surface area (Å²) in [6, 6.07) is 4.87. The van der Waals surface area contributed by atoms with E-state index in [0.29, 0.717) is 12.3 Å². The highest BCUT2D eigenvalue weighted by Gasteiger charge is 2.13. The summed E-state index contributed by atoms with van der Waals surface area (Å²) in [6.45, 7) is 0.614. The number of aromatic hydroxyl groups is 1. The van der Waals surface area contributed by atoms with Gasteiger partial charge in [-0.05, 0) is 25.0 Å². The number of rotatable bonds is 7. The van der Waals surface area contributed by atoms with Crippen molar-refractivity contribution < 1.29 is 14.6 Å². The first-order valence-corrected chi connectivity index (χ1v) is 7.03. The topological polar surface area (TPSA) is 58.6 Å². The monoisotopic (exact) mass is 315 g/mol. The van der Waals surface area contributed by atoms with Crippen LogP contribution in [0.4, 0.5) is 0 Å². The van der Waals surface area contributed by atoms with E-state index in [1.54, 1.807) is 18.2 Å². The van der Waals surface area contributed by atoms with E-state index in [-0.39, 0.29) is 17.2 Å². The highest BCUT2D eigenvalue weighted by Crippen LogP contribution is 2.29. The maximum Gasteiger partial charge on any atom is 0.255 e. The number of carbonyl (C=O) groups is 1. The fourth-order valence-electron chi connectivity index (χ4n) is 1.56. The van der Waals surface area contributed by atoms with E-state index >= 15 is 0 Å². The molecule has 0 fully saturated rings. The Labute approximate surface area is 115 Å². The Balaban J connectivity index is 2.51. The zero-order valence-electron chi connectivity index (χ0n) is 10.4. The zero-order valence-corrected chi connectivity index (χ0v) is 12.0. The molecule has 0 aliphatic heterocycles. The maximum atomic E-state index is 11.8. The Bertz CT molecular complexity index is 396. The van der Waals surface area contributed by atoms with Gasteiger partial charge in [-0.1, -0.05) is 28.4 Å². The molecule has 18 heavy (non-hydrogen) atoms. The standard InChI is InChI=1S/C13H18BrNO3/c1-18-11-7-5-6-10(12(11)16)13(17)15-9-4-2-3-8-14/h5-7,16H,2-4,8-9H2,1H3,(H,15,17). The lowest BCUT2D eigenvalue weighted by Gasteiger charge is -2.09. The van der Waals surface area contributed by atoms with Crippen molar-refractivity contribution >= 4 is 21.8 Å². The molecule has 100 valence electrons. The number of ether oxygens (including phenoxy) is 1. The molecule has 0 bridgehead atoms. The van der Waals surface area contributed by atoms with Crippen LogP contribution in [-0.2, 0) is 0 Å². The van der Waals surface area contributed by atoms with Gasteiger partial charge in [-0.2, -0.15) is 0 Å². The predicted molar refractivity (Wildman–Crippen MR) is 74.6 cm³/mol. The number of hydrogen-bond donors (Lipinski definition) is 2. The molecule has 5 heteroatoms. The highest BCUT2D eigenvalue weighted by molar-refractivity contribution is 9.09. The zero-order chi connectivity index (χ0) is 13.4. The van der Waals surface area contributed by atoms with Crippen molar-refractivity contribution in [1.82, 2.24) is 5.32 Å². The molecule has 4 nitrogen and oxygen atoms in total. The van der Waals surface area contributed by atoms with Crippen LogP contribution in [0.25, 0.3) is 0 Å². The number of phenols is 1. The Morgan fingerprint density at radius 2 is 2.17 bits per heavy atom. The van der Waals surface area contributed by atoms with Crippen LogP contribution in [0.1, 0.15) is 29.6 Å². The average molecular weight is 316 g/mol. The number of amides is 1. The van der Waals surface area contributed by atoms with Crippen LogP contribution in [0.5, 0.6) is 11.5 Å². The fraction of sp³-hybridized carbons (Fsp3) is 0.462. The van der Waals surface area contributed by atoms with E-state index < -0.39 is 0 Å². The molecule has 2 N–H and O–H groups in total. The summed E-state index contributed by atoms with van der Waals surface area (Å²) in [7, 11) is 1.46. The summed E-state index contributed by atoms with van der Waals surface area (Å²) in [5.74, 6) is -0.0786. The molecule has 0 radical (unpaired) electrons. The molecule has 1 amide bonds. The van der Waals surface area contributed by atoms with Crippen molar-refractivity contribution in [2.45, 2.75) is 19.3 Å². The van der Waals surface area contributed by atoms with E-state index in [2.05, 4.69) is 21.2 Å². The second-order valence-electron chi connectivity index (χ2n) is 3.86. The smallest absolute Gasteiger partial charge is 0.255 e. The average Bonchev–Trinajstić information content (AvgIpc) is 2.38. The number of methoxy groups -OCH3 is 1. The van der Waals surface area contributed by atoms with Crippen molar-refractivity contribution in [3.63, 3.8) is 0 Å². The number of unbranched alkanes of at least 4 members (excludes halogenated alkanes) is 2. The van der Waals surface area contributed by atoms with E-state index in [9.17, 15) is 9.90 Å². The van der Waals surface area contributed by atoms with Gasteiger partial charge in [-0.15, -0.1) is 0 Å². The number of para-hydroxylation sites is 1. The van der Waals surface area contributed by atoms with Crippen LogP contribution in [-0.4, -0.2) is 30.0 Å². The first kappa shape index (κ1) is 14.8. The predicted octanol–water partition coefficient (Wildman–Crippen LogP) is 2.70. The van der Waals surface area contributed by atoms with Gasteiger partial charge in [0.05, 0.1) is 12.7 Å².